The summed E-state index contributed by atoms with van der Waals surface area (Å²) < 4.78 is 14.0. The van der Waals surface area contributed by atoms with Gasteiger partial charge >= 0.3 is 0 Å². The van der Waals surface area contributed by atoms with E-state index in [-0.39, 0.29) is 12.5 Å². The molecule has 0 aromatic heterocycles. The maximum atomic E-state index is 14.1. The fourth-order valence-corrected chi connectivity index (χ4v) is 5.33. The average Bonchev–Trinajstić information content (AvgIpc) is 3.31. The molecule has 1 amide bonds. The van der Waals surface area contributed by atoms with Crippen LogP contribution in [0.25, 0.3) is 0 Å². The Morgan fingerprint density at radius 2 is 1.74 bits per heavy atom. The lowest BCUT2D eigenvalue weighted by atomic mass is 9.82. The minimum atomic E-state index is -1.23. The Morgan fingerprint density at radius 3 is 2.42 bits per heavy atom. The molecule has 0 saturated carbocycles. The number of aliphatic imine (C=N–C) groups is 1. The van der Waals surface area contributed by atoms with Crippen molar-refractivity contribution in [1.29, 1.82) is 0 Å². The highest BCUT2D eigenvalue weighted by Gasteiger charge is 2.53. The number of unbranched alkanes of at least 4 members (excludes halogenated alkanes) is 1. The van der Waals surface area contributed by atoms with Crippen LogP contribution in [0.2, 0.25) is 0 Å². The summed E-state index contributed by atoms with van der Waals surface area (Å²) in [5, 5.41) is 12.1. The summed E-state index contributed by atoms with van der Waals surface area (Å²) in [6, 6.07) is 23.2. The zero-order valence-corrected chi connectivity index (χ0v) is 24.5. The van der Waals surface area contributed by atoms with Gasteiger partial charge in [0.2, 0.25) is 5.90 Å². The molecule has 4 rings (SSSR count). The van der Waals surface area contributed by atoms with Crippen molar-refractivity contribution in [2.75, 3.05) is 19.8 Å². The number of nitrogens with one attached hydrogen (secondary N) is 1. The van der Waals surface area contributed by atoms with Crippen LogP contribution in [0.5, 0.6) is 5.75 Å². The van der Waals surface area contributed by atoms with Crippen LogP contribution in [0.4, 0.5) is 0 Å². The molecule has 0 saturated heterocycles. The number of hydrogen-bond acceptors (Lipinski definition) is 5. The number of aliphatic hydroxyl groups is 1. The SMILES string of the molecule is CCCCNC(=O)[C@]1(Cc2ccccc2Br)N=C(c2ccc(OCCCO)cc2)O[C@@H]1c1ccccc1Br. The van der Waals surface area contributed by atoms with Crippen LogP contribution in [0, 0.1) is 0 Å². The zero-order valence-electron chi connectivity index (χ0n) is 21.3. The Hall–Kier alpha value is -2.68. The van der Waals surface area contributed by atoms with Crippen molar-refractivity contribution in [3.05, 3.63) is 98.4 Å². The van der Waals surface area contributed by atoms with E-state index < -0.39 is 11.6 Å². The molecule has 0 aliphatic carbocycles. The summed E-state index contributed by atoms with van der Waals surface area (Å²) >= 11 is 7.35. The second-order valence-corrected chi connectivity index (χ2v) is 10.9. The molecule has 0 fully saturated rings. The first-order chi connectivity index (χ1) is 18.5. The third-order valence-electron chi connectivity index (χ3n) is 6.45. The second kappa shape index (κ2) is 13.4. The molecule has 2 N–H and O–H groups in total. The monoisotopic (exact) mass is 642 g/mol. The molecule has 0 spiro atoms. The molecule has 6 nitrogen and oxygen atoms in total. The number of aliphatic hydroxyl groups excluding tert-OH is 1. The maximum absolute atomic E-state index is 14.1. The molecule has 0 unspecified atom stereocenters. The van der Waals surface area contributed by atoms with Gasteiger partial charge in [-0.15, -0.1) is 0 Å². The van der Waals surface area contributed by atoms with Crippen LogP contribution in [-0.2, 0) is 16.0 Å². The van der Waals surface area contributed by atoms with E-state index in [1.807, 2.05) is 72.8 Å². The van der Waals surface area contributed by atoms with Crippen molar-refractivity contribution in [2.45, 2.75) is 44.2 Å². The van der Waals surface area contributed by atoms with E-state index in [9.17, 15) is 4.79 Å². The second-order valence-electron chi connectivity index (χ2n) is 9.19. The fraction of sp³-hybridized carbons (Fsp3) is 0.333. The quantitative estimate of drug-likeness (QED) is 0.224. The van der Waals surface area contributed by atoms with E-state index in [2.05, 4.69) is 44.1 Å². The first kappa shape index (κ1) is 28.3. The van der Waals surface area contributed by atoms with Gasteiger partial charge in [0.25, 0.3) is 5.91 Å². The number of ether oxygens (including phenoxy) is 2. The highest BCUT2D eigenvalue weighted by atomic mass is 79.9. The average molecular weight is 644 g/mol. The number of carbonyl (C=O) groups is 1. The van der Waals surface area contributed by atoms with Gasteiger partial charge in [-0.25, -0.2) is 4.99 Å². The van der Waals surface area contributed by atoms with E-state index in [0.717, 1.165) is 38.5 Å². The molecule has 1 heterocycles. The summed E-state index contributed by atoms with van der Waals surface area (Å²) in [6.45, 7) is 3.18. The molecule has 3 aromatic rings. The third-order valence-corrected chi connectivity index (χ3v) is 7.95. The normalized spacial score (nSPS) is 18.5. The van der Waals surface area contributed by atoms with Crippen molar-refractivity contribution in [2.24, 2.45) is 4.99 Å². The summed E-state index contributed by atoms with van der Waals surface area (Å²) in [5.41, 5.74) is 1.35. The lowest BCUT2D eigenvalue weighted by Gasteiger charge is -2.31. The maximum Gasteiger partial charge on any atom is 0.252 e. The molecule has 1 aliphatic heterocycles. The standard InChI is InChI=1S/C30H32Br2N2O4/c1-2-3-17-33-29(36)30(20-22-9-4-6-11-25(22)31)27(24-10-5-7-12-26(24)32)38-28(34-30)21-13-15-23(16-14-21)37-19-8-18-35/h4-7,9-16,27,35H,2-3,8,17-20H2,1H3,(H,33,36)/t27-,30-/m1/s1. The number of halogens is 2. The third kappa shape index (κ3) is 6.47. The van der Waals surface area contributed by atoms with Gasteiger partial charge in [-0.1, -0.05) is 81.6 Å². The largest absolute Gasteiger partial charge is 0.494 e. The van der Waals surface area contributed by atoms with Gasteiger partial charge in [-0.3, -0.25) is 4.79 Å². The number of carbonyl (C=O) groups excluding carboxylic acids is 1. The summed E-state index contributed by atoms with van der Waals surface area (Å²) in [6.07, 6.45) is 2.12. The van der Waals surface area contributed by atoms with Gasteiger partial charge in [0.1, 0.15) is 5.75 Å². The highest BCUT2D eigenvalue weighted by molar-refractivity contribution is 9.10. The summed E-state index contributed by atoms with van der Waals surface area (Å²) in [4.78, 5) is 19.1. The smallest absolute Gasteiger partial charge is 0.252 e. The molecule has 8 heteroatoms. The Balaban J connectivity index is 1.78. The van der Waals surface area contributed by atoms with Crippen molar-refractivity contribution in [1.82, 2.24) is 5.32 Å². The highest BCUT2D eigenvalue weighted by Crippen LogP contribution is 2.45. The summed E-state index contributed by atoms with van der Waals surface area (Å²) in [5.74, 6) is 0.937. The van der Waals surface area contributed by atoms with E-state index >= 15 is 0 Å². The van der Waals surface area contributed by atoms with Crippen molar-refractivity contribution < 1.29 is 19.4 Å². The van der Waals surface area contributed by atoms with Crippen LogP contribution < -0.4 is 10.1 Å². The van der Waals surface area contributed by atoms with E-state index in [4.69, 9.17) is 19.6 Å². The van der Waals surface area contributed by atoms with Crippen LogP contribution in [0.1, 0.15) is 49.0 Å². The van der Waals surface area contributed by atoms with Gasteiger partial charge in [0.05, 0.1) is 6.61 Å². The molecule has 0 bridgehead atoms. The van der Waals surface area contributed by atoms with E-state index in [1.165, 1.54) is 0 Å². The van der Waals surface area contributed by atoms with E-state index in [1.54, 1.807) is 0 Å². The van der Waals surface area contributed by atoms with Crippen molar-refractivity contribution in [3.63, 3.8) is 0 Å². The van der Waals surface area contributed by atoms with Gasteiger partial charge in [0.15, 0.2) is 11.6 Å². The number of rotatable bonds is 12. The first-order valence-electron chi connectivity index (χ1n) is 12.8. The van der Waals surface area contributed by atoms with Crippen LogP contribution >= 0.6 is 31.9 Å². The minimum absolute atomic E-state index is 0.0824. The van der Waals surface area contributed by atoms with Crippen LogP contribution in [0.15, 0.2) is 86.7 Å². The molecular weight excluding hydrogens is 612 g/mol. The van der Waals surface area contributed by atoms with Gasteiger partial charge in [0, 0.05) is 46.1 Å². The zero-order chi connectivity index (χ0) is 27.0. The molecule has 2 atom stereocenters. The molecule has 200 valence electrons. The lowest BCUT2D eigenvalue weighted by Crippen LogP contribution is -2.50. The Morgan fingerprint density at radius 1 is 1.03 bits per heavy atom. The Bertz CT molecular complexity index is 1270. The van der Waals surface area contributed by atoms with E-state index in [0.29, 0.717) is 37.6 Å². The lowest BCUT2D eigenvalue weighted by molar-refractivity contribution is -0.128. The van der Waals surface area contributed by atoms with Crippen molar-refractivity contribution in [3.8, 4) is 5.75 Å². The molecule has 3 aromatic carbocycles. The van der Waals surface area contributed by atoms with Crippen LogP contribution in [-0.4, -0.2) is 42.2 Å². The molecule has 0 radical (unpaired) electrons. The molecular formula is C30H32Br2N2O4. The number of benzene rings is 3. The van der Waals surface area contributed by atoms with Gasteiger partial charge in [-0.2, -0.15) is 0 Å². The first-order valence-corrected chi connectivity index (χ1v) is 14.4. The summed E-state index contributed by atoms with van der Waals surface area (Å²) in [7, 11) is 0. The molecule has 1 aliphatic rings. The molecule has 38 heavy (non-hydrogen) atoms. The predicted molar refractivity (Wildman–Crippen MR) is 157 cm³/mol. The predicted octanol–water partition coefficient (Wildman–Crippen LogP) is 6.39. The van der Waals surface area contributed by atoms with Crippen LogP contribution in [0.3, 0.4) is 0 Å². The van der Waals surface area contributed by atoms with Crippen molar-refractivity contribution >= 4 is 43.7 Å². The Kier molecular flexibility index (Phi) is 9.99. The number of hydrogen-bond donors (Lipinski definition) is 2. The van der Waals surface area contributed by atoms with Gasteiger partial charge < -0.3 is 19.9 Å². The topological polar surface area (TPSA) is 80.2 Å². The van der Waals surface area contributed by atoms with Gasteiger partial charge in [-0.05, 0) is 48.4 Å². The number of nitrogens with zero attached hydrogens (tertiary/aromatic N) is 1. The number of amides is 1. The minimum Gasteiger partial charge on any atom is -0.494 e. The fourth-order valence-electron chi connectivity index (χ4n) is 4.41. The Labute approximate surface area is 240 Å².